The fraction of sp³-hybridized carbons (Fsp3) is 0.571. The van der Waals surface area contributed by atoms with Crippen LogP contribution in [0.4, 0.5) is 0 Å². The fourth-order valence-corrected chi connectivity index (χ4v) is 2.81. The first-order valence-electron chi connectivity index (χ1n) is 6.39. The molecule has 3 heteroatoms. The highest BCUT2D eigenvalue weighted by atomic mass is 16.5. The average Bonchev–Trinajstić information content (AvgIpc) is 2.33. The smallest absolute Gasteiger partial charge is 0.122 e. The van der Waals surface area contributed by atoms with Crippen molar-refractivity contribution < 1.29 is 9.84 Å². The minimum atomic E-state index is 0.334. The zero-order valence-corrected chi connectivity index (χ0v) is 10.0. The number of hydrogen-bond acceptors (Lipinski definition) is 3. The van der Waals surface area contributed by atoms with Gasteiger partial charge in [0.25, 0.3) is 0 Å². The molecule has 3 nitrogen and oxygen atoms in total. The molecule has 1 saturated heterocycles. The molecule has 0 aromatic heterocycles. The molecule has 1 fully saturated rings. The average molecular weight is 233 g/mol. The van der Waals surface area contributed by atoms with Crippen LogP contribution < -0.4 is 4.74 Å². The van der Waals surface area contributed by atoms with E-state index in [4.69, 9.17) is 9.84 Å². The van der Waals surface area contributed by atoms with Crippen molar-refractivity contribution in [2.75, 3.05) is 32.8 Å². The number of fused-ring (bicyclic) bond motifs is 1. The molecule has 2 aliphatic rings. The molecule has 1 atom stereocenters. The number of aliphatic hydroxyl groups is 1. The minimum absolute atomic E-state index is 0.334. The van der Waals surface area contributed by atoms with E-state index < -0.39 is 0 Å². The number of rotatable bonds is 3. The lowest BCUT2D eigenvalue weighted by atomic mass is 9.93. The summed E-state index contributed by atoms with van der Waals surface area (Å²) in [7, 11) is 0. The molecular weight excluding hydrogens is 214 g/mol. The van der Waals surface area contributed by atoms with Crippen molar-refractivity contribution in [1.29, 1.82) is 0 Å². The van der Waals surface area contributed by atoms with Crippen LogP contribution in [0.15, 0.2) is 24.3 Å². The molecule has 2 heterocycles. The van der Waals surface area contributed by atoms with Gasteiger partial charge in [-0.15, -0.1) is 0 Å². The van der Waals surface area contributed by atoms with Crippen molar-refractivity contribution in [3.63, 3.8) is 0 Å². The lowest BCUT2D eigenvalue weighted by molar-refractivity contribution is 0.0324. The van der Waals surface area contributed by atoms with Gasteiger partial charge in [0.05, 0.1) is 6.61 Å². The van der Waals surface area contributed by atoms with Crippen LogP contribution in [0, 0.1) is 11.8 Å². The Kier molecular flexibility index (Phi) is 3.04. The lowest BCUT2D eigenvalue weighted by Gasteiger charge is -2.41. The summed E-state index contributed by atoms with van der Waals surface area (Å²) in [6.45, 7) is 4.37. The van der Waals surface area contributed by atoms with Gasteiger partial charge in [-0.05, 0) is 18.1 Å². The van der Waals surface area contributed by atoms with Crippen LogP contribution in [-0.4, -0.2) is 42.9 Å². The van der Waals surface area contributed by atoms with Crippen LogP contribution in [0.5, 0.6) is 5.75 Å². The monoisotopic (exact) mass is 233 g/mol. The van der Waals surface area contributed by atoms with Crippen molar-refractivity contribution in [2.45, 2.75) is 6.42 Å². The number of para-hydroxylation sites is 1. The highest BCUT2D eigenvalue weighted by Crippen LogP contribution is 2.28. The van der Waals surface area contributed by atoms with E-state index in [9.17, 15) is 0 Å². The van der Waals surface area contributed by atoms with Crippen LogP contribution in [-0.2, 0) is 6.42 Å². The van der Waals surface area contributed by atoms with Crippen LogP contribution in [0.2, 0.25) is 0 Å². The van der Waals surface area contributed by atoms with Crippen LogP contribution in [0.3, 0.4) is 0 Å². The van der Waals surface area contributed by atoms with Crippen LogP contribution >= 0.6 is 0 Å². The molecule has 0 bridgehead atoms. The molecule has 2 aliphatic heterocycles. The van der Waals surface area contributed by atoms with Gasteiger partial charge in [-0.2, -0.15) is 0 Å². The third kappa shape index (κ3) is 2.31. The summed E-state index contributed by atoms with van der Waals surface area (Å²) in [5.41, 5.74) is 1.34. The van der Waals surface area contributed by atoms with Gasteiger partial charge in [0.15, 0.2) is 0 Å². The first-order valence-corrected chi connectivity index (χ1v) is 6.39. The van der Waals surface area contributed by atoms with Crippen LogP contribution in [0.1, 0.15) is 5.56 Å². The largest absolute Gasteiger partial charge is 0.493 e. The molecular formula is C14H19NO2. The minimum Gasteiger partial charge on any atom is -0.493 e. The lowest BCUT2D eigenvalue weighted by Crippen LogP contribution is -2.51. The normalized spacial score (nSPS) is 24.9. The summed E-state index contributed by atoms with van der Waals surface area (Å²) in [6, 6.07) is 8.32. The number of benzene rings is 1. The van der Waals surface area contributed by atoms with Gasteiger partial charge >= 0.3 is 0 Å². The summed E-state index contributed by atoms with van der Waals surface area (Å²) in [5, 5.41) is 8.99. The maximum absolute atomic E-state index is 8.99. The fourth-order valence-electron chi connectivity index (χ4n) is 2.81. The molecule has 0 saturated carbocycles. The summed E-state index contributed by atoms with van der Waals surface area (Å²) >= 11 is 0. The Bertz CT molecular complexity index is 388. The maximum Gasteiger partial charge on any atom is 0.122 e. The standard InChI is InChI=1S/C14H19NO2/c16-9-12-7-15(8-12)6-11-5-13-3-1-2-4-14(13)17-10-11/h1-4,11-12,16H,5-10H2. The number of ether oxygens (including phenoxy) is 1. The van der Waals surface area contributed by atoms with Crippen molar-refractivity contribution in [3.8, 4) is 5.75 Å². The Morgan fingerprint density at radius 1 is 1.24 bits per heavy atom. The maximum atomic E-state index is 8.99. The second-order valence-corrected chi connectivity index (χ2v) is 5.26. The number of nitrogens with zero attached hydrogens (tertiary/aromatic N) is 1. The second kappa shape index (κ2) is 4.67. The van der Waals surface area contributed by atoms with Gasteiger partial charge in [0.1, 0.15) is 5.75 Å². The molecule has 0 aliphatic carbocycles. The summed E-state index contributed by atoms with van der Waals surface area (Å²) in [4.78, 5) is 2.42. The third-order valence-corrected chi connectivity index (χ3v) is 3.76. The molecule has 92 valence electrons. The molecule has 1 aromatic rings. The molecule has 0 spiro atoms. The van der Waals surface area contributed by atoms with Gasteiger partial charge in [0, 0.05) is 38.1 Å². The predicted molar refractivity (Wildman–Crippen MR) is 66.1 cm³/mol. The SMILES string of the molecule is OCC1CN(CC2COc3ccccc3C2)C1. The highest BCUT2D eigenvalue weighted by Gasteiger charge is 2.29. The summed E-state index contributed by atoms with van der Waals surface area (Å²) < 4.78 is 5.78. The Morgan fingerprint density at radius 3 is 2.88 bits per heavy atom. The number of aliphatic hydroxyl groups excluding tert-OH is 1. The first-order chi connectivity index (χ1) is 8.35. The van der Waals surface area contributed by atoms with Gasteiger partial charge in [-0.1, -0.05) is 18.2 Å². The topological polar surface area (TPSA) is 32.7 Å². The molecule has 1 aromatic carbocycles. The second-order valence-electron chi connectivity index (χ2n) is 5.26. The quantitative estimate of drug-likeness (QED) is 0.850. The highest BCUT2D eigenvalue weighted by molar-refractivity contribution is 5.35. The van der Waals surface area contributed by atoms with E-state index in [1.54, 1.807) is 0 Å². The Balaban J connectivity index is 1.54. The molecule has 17 heavy (non-hydrogen) atoms. The molecule has 1 unspecified atom stereocenters. The van der Waals surface area contributed by atoms with E-state index >= 15 is 0 Å². The van der Waals surface area contributed by atoms with E-state index in [2.05, 4.69) is 23.1 Å². The van der Waals surface area contributed by atoms with Crippen molar-refractivity contribution in [1.82, 2.24) is 4.90 Å². The van der Waals surface area contributed by atoms with E-state index in [1.807, 2.05) is 6.07 Å². The van der Waals surface area contributed by atoms with Crippen LogP contribution in [0.25, 0.3) is 0 Å². The van der Waals surface area contributed by atoms with Crippen molar-refractivity contribution >= 4 is 0 Å². The zero-order chi connectivity index (χ0) is 11.7. The van der Waals surface area contributed by atoms with E-state index in [0.29, 0.717) is 18.4 Å². The Labute approximate surface area is 102 Å². The predicted octanol–water partition coefficient (Wildman–Crippen LogP) is 1.16. The zero-order valence-electron chi connectivity index (χ0n) is 10.0. The number of hydrogen-bond donors (Lipinski definition) is 1. The third-order valence-electron chi connectivity index (χ3n) is 3.76. The van der Waals surface area contributed by atoms with Gasteiger partial charge < -0.3 is 14.7 Å². The Hall–Kier alpha value is -1.06. The van der Waals surface area contributed by atoms with Crippen molar-refractivity contribution in [3.05, 3.63) is 29.8 Å². The molecule has 0 radical (unpaired) electrons. The molecule has 1 N–H and O–H groups in total. The summed E-state index contributed by atoms with van der Waals surface area (Å²) in [5.74, 6) is 2.16. The first kappa shape index (κ1) is 11.1. The van der Waals surface area contributed by atoms with Gasteiger partial charge in [-0.25, -0.2) is 0 Å². The summed E-state index contributed by atoms with van der Waals surface area (Å²) in [6.07, 6.45) is 1.12. The van der Waals surface area contributed by atoms with E-state index in [0.717, 1.165) is 38.4 Å². The Morgan fingerprint density at radius 2 is 2.06 bits per heavy atom. The number of likely N-dealkylation sites (tertiary alicyclic amines) is 1. The van der Waals surface area contributed by atoms with Crippen molar-refractivity contribution in [2.24, 2.45) is 11.8 Å². The van der Waals surface area contributed by atoms with Gasteiger partial charge in [-0.3, -0.25) is 0 Å². The van der Waals surface area contributed by atoms with Gasteiger partial charge in [0.2, 0.25) is 0 Å². The molecule has 0 amide bonds. The van der Waals surface area contributed by atoms with E-state index in [1.165, 1.54) is 5.56 Å². The molecule has 3 rings (SSSR count). The van der Waals surface area contributed by atoms with E-state index in [-0.39, 0.29) is 0 Å².